The van der Waals surface area contributed by atoms with Crippen LogP contribution in [0.15, 0.2) is 35.7 Å². The van der Waals surface area contributed by atoms with Gasteiger partial charge in [-0.2, -0.15) is 0 Å². The van der Waals surface area contributed by atoms with Crippen LogP contribution in [0.25, 0.3) is 0 Å². The van der Waals surface area contributed by atoms with Gasteiger partial charge in [0.1, 0.15) is 6.54 Å². The number of benzene rings is 1. The molecule has 0 bridgehead atoms. The van der Waals surface area contributed by atoms with Crippen LogP contribution in [0.1, 0.15) is 74.4 Å². The number of fused-ring (bicyclic) bond motifs is 1. The van der Waals surface area contributed by atoms with Gasteiger partial charge in [0.2, 0.25) is 11.8 Å². The second-order valence-corrected chi connectivity index (χ2v) is 10.6. The minimum Gasteiger partial charge on any atom is -0.330 e. The van der Waals surface area contributed by atoms with E-state index < -0.39 is 0 Å². The van der Waals surface area contributed by atoms with E-state index in [1.165, 1.54) is 16.9 Å². The summed E-state index contributed by atoms with van der Waals surface area (Å²) in [4.78, 5) is 32.3. The molecule has 1 aromatic heterocycles. The summed E-state index contributed by atoms with van der Waals surface area (Å²) in [5.74, 6) is 0.275. The number of carbonyl (C=O) groups is 2. The molecular formula is C26H33ClN2O2S. The van der Waals surface area contributed by atoms with E-state index >= 15 is 0 Å². The average Bonchev–Trinajstić information content (AvgIpc) is 3.31. The van der Waals surface area contributed by atoms with Crippen molar-refractivity contribution in [3.63, 3.8) is 0 Å². The smallest absolute Gasteiger partial charge is 0.243 e. The predicted molar refractivity (Wildman–Crippen MR) is 131 cm³/mol. The third-order valence-corrected chi connectivity index (χ3v) is 8.39. The first-order valence-electron chi connectivity index (χ1n) is 11.9. The molecule has 2 aromatic rings. The summed E-state index contributed by atoms with van der Waals surface area (Å²) >= 11 is 7.89. The molecule has 0 spiro atoms. The van der Waals surface area contributed by atoms with Crippen LogP contribution >= 0.6 is 22.9 Å². The van der Waals surface area contributed by atoms with Gasteiger partial charge in [0.25, 0.3) is 0 Å². The second-order valence-electron chi connectivity index (χ2n) is 9.15. The van der Waals surface area contributed by atoms with Gasteiger partial charge in [0.15, 0.2) is 0 Å². The van der Waals surface area contributed by atoms with E-state index in [0.29, 0.717) is 11.6 Å². The Hall–Kier alpha value is -1.85. The molecule has 2 heterocycles. The van der Waals surface area contributed by atoms with Crippen molar-refractivity contribution in [1.29, 1.82) is 0 Å². The maximum Gasteiger partial charge on any atom is 0.243 e. The van der Waals surface area contributed by atoms with Gasteiger partial charge in [-0.25, -0.2) is 0 Å². The zero-order valence-electron chi connectivity index (χ0n) is 19.1. The van der Waals surface area contributed by atoms with Gasteiger partial charge in [0, 0.05) is 28.4 Å². The molecule has 1 fully saturated rings. The molecule has 2 amide bonds. The fourth-order valence-electron chi connectivity index (χ4n) is 5.08. The number of nitrogens with zero attached hydrogens (tertiary/aromatic N) is 2. The van der Waals surface area contributed by atoms with E-state index in [0.717, 1.165) is 44.1 Å². The van der Waals surface area contributed by atoms with Crippen LogP contribution in [0.4, 0.5) is 0 Å². The lowest BCUT2D eigenvalue weighted by atomic mass is 9.88. The number of carbonyl (C=O) groups excluding carboxylic acids is 2. The minimum atomic E-state index is -0.127. The van der Waals surface area contributed by atoms with Gasteiger partial charge < -0.3 is 9.80 Å². The molecular weight excluding hydrogens is 440 g/mol. The summed E-state index contributed by atoms with van der Waals surface area (Å²) in [5.41, 5.74) is 2.27. The Balaban J connectivity index is 1.59. The normalized spacial score (nSPS) is 20.0. The third kappa shape index (κ3) is 4.89. The summed E-state index contributed by atoms with van der Waals surface area (Å²) in [6, 6.07) is 9.87. The summed E-state index contributed by atoms with van der Waals surface area (Å²) in [5, 5.41) is 2.80. The molecule has 32 heavy (non-hydrogen) atoms. The fraction of sp³-hybridized carbons (Fsp3) is 0.538. The Morgan fingerprint density at radius 2 is 1.88 bits per heavy atom. The first-order valence-corrected chi connectivity index (χ1v) is 13.2. The van der Waals surface area contributed by atoms with E-state index in [-0.39, 0.29) is 36.4 Å². The Morgan fingerprint density at radius 3 is 2.56 bits per heavy atom. The molecule has 2 unspecified atom stereocenters. The lowest BCUT2D eigenvalue weighted by Crippen LogP contribution is -2.50. The van der Waals surface area contributed by atoms with Crippen molar-refractivity contribution < 1.29 is 9.59 Å². The molecule has 0 radical (unpaired) electrons. The lowest BCUT2D eigenvalue weighted by molar-refractivity contribution is -0.146. The van der Waals surface area contributed by atoms with E-state index in [1.807, 2.05) is 34.1 Å². The van der Waals surface area contributed by atoms with Crippen LogP contribution < -0.4 is 0 Å². The van der Waals surface area contributed by atoms with Crippen LogP contribution in [-0.2, 0) is 16.0 Å². The SMILES string of the molecule is CCC(C)N(CC(=O)N1CCc2sccc2C1c1ccc(Cl)cc1)C(=O)C1CCCCC1. The van der Waals surface area contributed by atoms with Crippen molar-refractivity contribution in [3.8, 4) is 0 Å². The standard InChI is InChI=1S/C26H33ClN2O2S/c1-3-18(2)29(26(31)20-7-5-4-6-8-20)17-24(30)28-15-13-23-22(14-16-32-23)25(28)19-9-11-21(27)12-10-19/h9-12,14,16,18,20,25H,3-8,13,15,17H2,1-2H3. The van der Waals surface area contributed by atoms with Crippen LogP contribution in [0.5, 0.6) is 0 Å². The second kappa shape index (κ2) is 10.4. The first-order chi connectivity index (χ1) is 15.5. The number of thiophene rings is 1. The first kappa shape index (κ1) is 23.3. The Kier molecular flexibility index (Phi) is 7.57. The van der Waals surface area contributed by atoms with Crippen molar-refractivity contribution in [2.24, 2.45) is 5.92 Å². The summed E-state index contributed by atoms with van der Waals surface area (Å²) in [6.07, 6.45) is 7.06. The number of amides is 2. The largest absolute Gasteiger partial charge is 0.330 e. The molecule has 1 saturated carbocycles. The monoisotopic (exact) mass is 472 g/mol. The minimum absolute atomic E-state index is 0.0336. The molecule has 0 N–H and O–H groups in total. The van der Waals surface area contributed by atoms with Crippen molar-refractivity contribution in [3.05, 3.63) is 56.7 Å². The topological polar surface area (TPSA) is 40.6 Å². The predicted octanol–water partition coefficient (Wildman–Crippen LogP) is 6.08. The molecule has 172 valence electrons. The zero-order valence-corrected chi connectivity index (χ0v) is 20.6. The summed E-state index contributed by atoms with van der Waals surface area (Å²) in [7, 11) is 0. The summed E-state index contributed by atoms with van der Waals surface area (Å²) < 4.78 is 0. The molecule has 1 aromatic carbocycles. The molecule has 4 rings (SSSR count). The molecule has 1 aliphatic carbocycles. The maximum absolute atomic E-state index is 13.7. The lowest BCUT2D eigenvalue weighted by Gasteiger charge is -2.39. The molecule has 1 aliphatic heterocycles. The molecule has 6 heteroatoms. The van der Waals surface area contributed by atoms with Gasteiger partial charge in [-0.05, 0) is 67.3 Å². The van der Waals surface area contributed by atoms with E-state index in [1.54, 1.807) is 11.3 Å². The van der Waals surface area contributed by atoms with Gasteiger partial charge in [-0.3, -0.25) is 9.59 Å². The molecule has 0 saturated heterocycles. The fourth-order valence-corrected chi connectivity index (χ4v) is 6.11. The highest BCUT2D eigenvalue weighted by atomic mass is 35.5. The Bertz CT molecular complexity index is 936. The maximum atomic E-state index is 13.7. The number of halogens is 1. The zero-order chi connectivity index (χ0) is 22.7. The van der Waals surface area contributed by atoms with Crippen LogP contribution in [-0.4, -0.2) is 40.7 Å². The third-order valence-electron chi connectivity index (χ3n) is 7.14. The molecule has 4 nitrogen and oxygen atoms in total. The Labute approximate surface area is 200 Å². The van der Waals surface area contributed by atoms with Crippen molar-refractivity contribution >= 4 is 34.8 Å². The van der Waals surface area contributed by atoms with E-state index in [4.69, 9.17) is 11.6 Å². The number of hydrogen-bond donors (Lipinski definition) is 0. The number of rotatable bonds is 6. The van der Waals surface area contributed by atoms with Crippen LogP contribution in [0.3, 0.4) is 0 Å². The van der Waals surface area contributed by atoms with E-state index in [2.05, 4.69) is 25.3 Å². The Morgan fingerprint density at radius 1 is 1.16 bits per heavy atom. The van der Waals surface area contributed by atoms with Gasteiger partial charge in [-0.1, -0.05) is 49.9 Å². The van der Waals surface area contributed by atoms with Gasteiger partial charge in [-0.15, -0.1) is 11.3 Å². The number of hydrogen-bond acceptors (Lipinski definition) is 3. The van der Waals surface area contributed by atoms with Crippen LogP contribution in [0.2, 0.25) is 5.02 Å². The van der Waals surface area contributed by atoms with E-state index in [9.17, 15) is 9.59 Å². The van der Waals surface area contributed by atoms with Gasteiger partial charge in [0.05, 0.1) is 6.04 Å². The van der Waals surface area contributed by atoms with Crippen LogP contribution in [0, 0.1) is 5.92 Å². The molecule has 2 aliphatic rings. The summed E-state index contributed by atoms with van der Waals surface area (Å²) in [6.45, 7) is 4.99. The van der Waals surface area contributed by atoms with Gasteiger partial charge >= 0.3 is 0 Å². The van der Waals surface area contributed by atoms with Crippen molar-refractivity contribution in [2.75, 3.05) is 13.1 Å². The van der Waals surface area contributed by atoms with Crippen molar-refractivity contribution in [1.82, 2.24) is 9.80 Å². The highest BCUT2D eigenvalue weighted by molar-refractivity contribution is 7.10. The average molecular weight is 473 g/mol. The van der Waals surface area contributed by atoms with Crippen molar-refractivity contribution in [2.45, 2.75) is 70.9 Å². The quantitative estimate of drug-likeness (QED) is 0.510. The molecule has 2 atom stereocenters. The highest BCUT2D eigenvalue weighted by Crippen LogP contribution is 2.38. The highest BCUT2D eigenvalue weighted by Gasteiger charge is 2.36.